The predicted octanol–water partition coefficient (Wildman–Crippen LogP) is 4.23. The highest BCUT2D eigenvalue weighted by atomic mass is 79.9. The van der Waals surface area contributed by atoms with E-state index in [-0.39, 0.29) is 11.5 Å². The van der Waals surface area contributed by atoms with Crippen molar-refractivity contribution in [2.75, 3.05) is 0 Å². The van der Waals surface area contributed by atoms with E-state index in [2.05, 4.69) is 31.4 Å². The monoisotopic (exact) mass is 493 g/mol. The van der Waals surface area contributed by atoms with Crippen LogP contribution in [0, 0.1) is 13.8 Å². The molecule has 32 heavy (non-hydrogen) atoms. The van der Waals surface area contributed by atoms with Crippen LogP contribution in [-0.4, -0.2) is 25.5 Å². The number of hydrogen-bond acceptors (Lipinski definition) is 4. The van der Waals surface area contributed by atoms with Crippen LogP contribution in [0.2, 0.25) is 0 Å². The average molecular weight is 494 g/mol. The normalized spacial score (nSPS) is 12.1. The largest absolute Gasteiger partial charge is 0.350 e. The third kappa shape index (κ3) is 4.10. The van der Waals surface area contributed by atoms with E-state index in [1.54, 1.807) is 4.68 Å². The zero-order valence-corrected chi connectivity index (χ0v) is 19.8. The number of aromatic nitrogens is 4. The van der Waals surface area contributed by atoms with E-state index in [0.29, 0.717) is 24.2 Å². The first-order chi connectivity index (χ1) is 15.4. The number of nitrogens with zero attached hydrogens (tertiary/aromatic N) is 4. The third-order valence-electron chi connectivity index (χ3n) is 5.49. The van der Waals surface area contributed by atoms with Gasteiger partial charge in [-0.1, -0.05) is 53.2 Å². The van der Waals surface area contributed by atoms with Crippen LogP contribution in [0.3, 0.4) is 0 Å². The van der Waals surface area contributed by atoms with E-state index in [9.17, 15) is 9.59 Å². The van der Waals surface area contributed by atoms with E-state index in [1.165, 1.54) is 4.68 Å². The number of halogens is 1. The van der Waals surface area contributed by atoms with Gasteiger partial charge in [-0.15, -0.1) is 0 Å². The number of nitrogens with one attached hydrogen (secondary N) is 1. The first kappa shape index (κ1) is 22.0. The molecule has 0 spiro atoms. The Morgan fingerprint density at radius 2 is 1.84 bits per heavy atom. The van der Waals surface area contributed by atoms with Crippen molar-refractivity contribution >= 4 is 32.7 Å². The van der Waals surface area contributed by atoms with Crippen LogP contribution >= 0.6 is 15.9 Å². The van der Waals surface area contributed by atoms with Crippen molar-refractivity contribution in [2.45, 2.75) is 39.8 Å². The van der Waals surface area contributed by atoms with Crippen LogP contribution in [0.1, 0.15) is 36.3 Å². The zero-order chi connectivity index (χ0) is 22.8. The van der Waals surface area contributed by atoms with Crippen LogP contribution in [-0.2, 0) is 11.3 Å². The summed E-state index contributed by atoms with van der Waals surface area (Å²) < 4.78 is 3.97. The number of aryl methyl sites for hydroxylation is 2. The average Bonchev–Trinajstić information content (AvgIpc) is 3.15. The second kappa shape index (κ2) is 9.08. The molecule has 0 aliphatic carbocycles. The van der Waals surface area contributed by atoms with Gasteiger partial charge in [-0.3, -0.25) is 9.59 Å². The van der Waals surface area contributed by atoms with Gasteiger partial charge in [0.1, 0.15) is 6.04 Å². The molecule has 1 atom stereocenters. The lowest BCUT2D eigenvalue weighted by molar-refractivity contribution is -0.125. The van der Waals surface area contributed by atoms with Gasteiger partial charge in [-0.25, -0.2) is 9.36 Å². The SMILES string of the molecule is CC[C@@H](C(=O)NCc1cccc(Br)c1)n1nc(C)c2c(C)n(-c3ccccc3)nc2c1=O. The Balaban J connectivity index is 1.70. The molecule has 0 saturated heterocycles. The second-order valence-electron chi connectivity index (χ2n) is 7.66. The molecule has 0 fully saturated rings. The number of para-hydroxylation sites is 1. The van der Waals surface area contributed by atoms with Gasteiger partial charge in [0.2, 0.25) is 5.91 Å². The Hall–Kier alpha value is -3.26. The molecule has 4 rings (SSSR count). The van der Waals surface area contributed by atoms with Gasteiger partial charge in [0.25, 0.3) is 5.56 Å². The smallest absolute Gasteiger partial charge is 0.295 e. The molecule has 7 nitrogen and oxygen atoms in total. The molecular formula is C24H24BrN5O2. The first-order valence-electron chi connectivity index (χ1n) is 10.5. The zero-order valence-electron chi connectivity index (χ0n) is 18.2. The van der Waals surface area contributed by atoms with Crippen molar-refractivity contribution < 1.29 is 4.79 Å². The van der Waals surface area contributed by atoms with E-state index < -0.39 is 6.04 Å². The van der Waals surface area contributed by atoms with Gasteiger partial charge in [0.05, 0.1) is 22.5 Å². The van der Waals surface area contributed by atoms with Crippen molar-refractivity contribution in [3.05, 3.63) is 86.4 Å². The van der Waals surface area contributed by atoms with Crippen molar-refractivity contribution in [3.8, 4) is 5.69 Å². The quantitative estimate of drug-likeness (QED) is 0.435. The Kier molecular flexibility index (Phi) is 6.23. The molecule has 1 amide bonds. The molecule has 0 unspecified atom stereocenters. The maximum Gasteiger partial charge on any atom is 0.295 e. The number of amides is 1. The molecule has 2 aromatic carbocycles. The molecule has 0 aliphatic heterocycles. The predicted molar refractivity (Wildman–Crippen MR) is 128 cm³/mol. The number of fused-ring (bicyclic) bond motifs is 1. The molecule has 2 heterocycles. The Morgan fingerprint density at radius 1 is 1.09 bits per heavy atom. The molecule has 0 saturated carbocycles. The minimum absolute atomic E-state index is 0.250. The van der Waals surface area contributed by atoms with Crippen LogP contribution < -0.4 is 10.9 Å². The number of carbonyl (C=O) groups excluding carboxylic acids is 1. The fourth-order valence-corrected chi connectivity index (χ4v) is 4.35. The summed E-state index contributed by atoms with van der Waals surface area (Å²) in [5, 5.41) is 12.8. The summed E-state index contributed by atoms with van der Waals surface area (Å²) >= 11 is 3.44. The number of carbonyl (C=O) groups is 1. The summed E-state index contributed by atoms with van der Waals surface area (Å²) in [4.78, 5) is 26.3. The van der Waals surface area contributed by atoms with E-state index >= 15 is 0 Å². The first-order valence-corrected chi connectivity index (χ1v) is 11.3. The van der Waals surface area contributed by atoms with Crippen LogP contribution in [0.15, 0.2) is 63.9 Å². The van der Waals surface area contributed by atoms with Crippen molar-refractivity contribution in [1.82, 2.24) is 24.9 Å². The minimum atomic E-state index is -0.722. The van der Waals surface area contributed by atoms with E-state index in [1.807, 2.05) is 75.4 Å². The van der Waals surface area contributed by atoms with Gasteiger partial charge in [-0.05, 0) is 50.1 Å². The highest BCUT2D eigenvalue weighted by Crippen LogP contribution is 2.22. The van der Waals surface area contributed by atoms with Crippen molar-refractivity contribution in [3.63, 3.8) is 0 Å². The molecule has 0 bridgehead atoms. The standard InChI is InChI=1S/C24H24BrN5O2/c1-4-20(23(31)26-14-17-9-8-10-18(25)13-17)30-24(32)22-21(15(2)27-30)16(3)29(28-22)19-11-6-5-7-12-19/h5-13,20H,4,14H2,1-3H3,(H,26,31)/t20-/m0/s1. The molecule has 1 N–H and O–H groups in total. The fraction of sp³-hybridized carbons (Fsp3) is 0.250. The van der Waals surface area contributed by atoms with E-state index in [4.69, 9.17) is 0 Å². The van der Waals surface area contributed by atoms with Crippen molar-refractivity contribution in [2.24, 2.45) is 0 Å². The third-order valence-corrected chi connectivity index (χ3v) is 5.98. The Labute approximate surface area is 194 Å². The fourth-order valence-electron chi connectivity index (χ4n) is 3.91. The number of benzene rings is 2. The maximum absolute atomic E-state index is 13.3. The van der Waals surface area contributed by atoms with Gasteiger partial charge < -0.3 is 5.32 Å². The van der Waals surface area contributed by atoms with Crippen LogP contribution in [0.25, 0.3) is 16.6 Å². The van der Waals surface area contributed by atoms with Gasteiger partial charge in [-0.2, -0.15) is 10.2 Å². The highest BCUT2D eigenvalue weighted by molar-refractivity contribution is 9.10. The summed E-state index contributed by atoms with van der Waals surface area (Å²) in [6.07, 6.45) is 0.431. The van der Waals surface area contributed by atoms with Gasteiger partial charge in [0, 0.05) is 11.0 Å². The molecule has 4 aromatic rings. The Morgan fingerprint density at radius 3 is 2.53 bits per heavy atom. The lowest BCUT2D eigenvalue weighted by Gasteiger charge is -2.17. The van der Waals surface area contributed by atoms with Gasteiger partial charge in [0.15, 0.2) is 5.52 Å². The van der Waals surface area contributed by atoms with E-state index in [0.717, 1.165) is 26.8 Å². The van der Waals surface area contributed by atoms with Crippen LogP contribution in [0.5, 0.6) is 0 Å². The minimum Gasteiger partial charge on any atom is -0.350 e. The lowest BCUT2D eigenvalue weighted by Crippen LogP contribution is -2.38. The molecule has 0 aliphatic rings. The molecular weight excluding hydrogens is 470 g/mol. The topological polar surface area (TPSA) is 81.8 Å². The maximum atomic E-state index is 13.3. The molecule has 8 heteroatoms. The summed E-state index contributed by atoms with van der Waals surface area (Å²) in [6, 6.07) is 16.7. The summed E-state index contributed by atoms with van der Waals surface area (Å²) in [5.41, 5.74) is 3.28. The van der Waals surface area contributed by atoms with Crippen molar-refractivity contribution in [1.29, 1.82) is 0 Å². The molecule has 164 valence electrons. The lowest BCUT2D eigenvalue weighted by atomic mass is 10.1. The summed E-state index contributed by atoms with van der Waals surface area (Å²) in [5.74, 6) is -0.250. The second-order valence-corrected chi connectivity index (χ2v) is 8.58. The summed E-state index contributed by atoms with van der Waals surface area (Å²) in [7, 11) is 0. The molecule has 2 aromatic heterocycles. The molecule has 0 radical (unpaired) electrons. The van der Waals surface area contributed by atoms with Crippen LogP contribution in [0.4, 0.5) is 0 Å². The Bertz CT molecular complexity index is 1340. The highest BCUT2D eigenvalue weighted by Gasteiger charge is 2.25. The number of rotatable bonds is 6. The summed E-state index contributed by atoms with van der Waals surface area (Å²) in [6.45, 7) is 5.99. The van der Waals surface area contributed by atoms with Gasteiger partial charge >= 0.3 is 0 Å². The number of hydrogen-bond donors (Lipinski definition) is 1.